The van der Waals surface area contributed by atoms with E-state index in [0.717, 1.165) is 0 Å². The molecule has 0 atom stereocenters. The Kier molecular flexibility index (Phi) is 2.57. The number of hydrogen-bond acceptors (Lipinski definition) is 2. The maximum Gasteiger partial charge on any atom is 0.573 e. The van der Waals surface area contributed by atoms with Gasteiger partial charge in [-0.3, -0.25) is 5.10 Å². The molecule has 0 radical (unpaired) electrons. The lowest BCUT2D eigenvalue weighted by atomic mass is 10.1. The molecule has 16 heavy (non-hydrogen) atoms. The summed E-state index contributed by atoms with van der Waals surface area (Å²) in [5, 5.41) is 6.97. The summed E-state index contributed by atoms with van der Waals surface area (Å²) in [5.74, 6) is -0.235. The molecule has 0 bridgehead atoms. The number of H-pyrrole nitrogens is 1. The number of ether oxygens (including phenoxy) is 1. The molecule has 2 rings (SSSR count). The SMILES string of the molecule is Cc1cc2[nH]ncc2c(Br)c1OC(F)(F)F. The highest BCUT2D eigenvalue weighted by atomic mass is 79.9. The molecule has 1 N–H and O–H groups in total. The Hall–Kier alpha value is -1.24. The van der Waals surface area contributed by atoms with Gasteiger partial charge in [0, 0.05) is 5.39 Å². The fraction of sp³-hybridized carbons (Fsp3) is 0.222. The van der Waals surface area contributed by atoms with E-state index in [1.807, 2.05) is 0 Å². The molecular formula is C9H6BrF3N2O. The lowest BCUT2D eigenvalue weighted by Crippen LogP contribution is -2.18. The van der Waals surface area contributed by atoms with Crippen molar-refractivity contribution in [1.82, 2.24) is 10.2 Å². The first-order chi connectivity index (χ1) is 7.38. The van der Waals surface area contributed by atoms with E-state index in [9.17, 15) is 13.2 Å². The highest BCUT2D eigenvalue weighted by Gasteiger charge is 2.33. The van der Waals surface area contributed by atoms with Crippen LogP contribution >= 0.6 is 15.9 Å². The fourth-order valence-electron chi connectivity index (χ4n) is 1.40. The van der Waals surface area contributed by atoms with E-state index in [2.05, 4.69) is 30.9 Å². The Labute approximate surface area is 96.7 Å². The van der Waals surface area contributed by atoms with E-state index in [0.29, 0.717) is 16.5 Å². The fourth-order valence-corrected chi connectivity index (χ4v) is 2.11. The van der Waals surface area contributed by atoms with Gasteiger partial charge in [-0.2, -0.15) is 5.10 Å². The van der Waals surface area contributed by atoms with E-state index < -0.39 is 6.36 Å². The normalized spacial score (nSPS) is 12.1. The van der Waals surface area contributed by atoms with Gasteiger partial charge in [0.2, 0.25) is 0 Å². The number of nitrogens with zero attached hydrogens (tertiary/aromatic N) is 1. The van der Waals surface area contributed by atoms with Crippen LogP contribution in [0.1, 0.15) is 5.56 Å². The zero-order valence-corrected chi connectivity index (χ0v) is 9.61. The van der Waals surface area contributed by atoms with Crippen LogP contribution in [0.15, 0.2) is 16.7 Å². The smallest absolute Gasteiger partial charge is 0.404 e. The molecule has 1 heterocycles. The van der Waals surface area contributed by atoms with Crippen LogP contribution in [0, 0.1) is 6.92 Å². The van der Waals surface area contributed by atoms with Crippen molar-refractivity contribution in [2.75, 3.05) is 0 Å². The van der Waals surface area contributed by atoms with Gasteiger partial charge in [0.05, 0.1) is 16.2 Å². The quantitative estimate of drug-likeness (QED) is 0.874. The molecule has 0 fully saturated rings. The third-order valence-corrected chi connectivity index (χ3v) is 2.83. The van der Waals surface area contributed by atoms with E-state index >= 15 is 0 Å². The summed E-state index contributed by atoms with van der Waals surface area (Å²) in [6.45, 7) is 1.53. The summed E-state index contributed by atoms with van der Waals surface area (Å²) in [7, 11) is 0. The van der Waals surface area contributed by atoms with Gasteiger partial charge in [0.1, 0.15) is 5.75 Å². The Bertz CT molecular complexity index is 535. The number of aryl methyl sites for hydroxylation is 1. The Morgan fingerprint density at radius 1 is 1.44 bits per heavy atom. The summed E-state index contributed by atoms with van der Waals surface area (Å²) in [6.07, 6.45) is -3.27. The van der Waals surface area contributed by atoms with Crippen LogP contribution in [-0.2, 0) is 0 Å². The van der Waals surface area contributed by atoms with Gasteiger partial charge in [-0.1, -0.05) is 0 Å². The van der Waals surface area contributed by atoms with Gasteiger partial charge < -0.3 is 4.74 Å². The van der Waals surface area contributed by atoms with Crippen molar-refractivity contribution in [2.24, 2.45) is 0 Å². The van der Waals surface area contributed by atoms with Gasteiger partial charge >= 0.3 is 6.36 Å². The molecule has 0 saturated heterocycles. The Morgan fingerprint density at radius 2 is 2.12 bits per heavy atom. The van der Waals surface area contributed by atoms with Crippen molar-refractivity contribution in [3.8, 4) is 5.75 Å². The van der Waals surface area contributed by atoms with Crippen LogP contribution in [0.25, 0.3) is 10.9 Å². The minimum absolute atomic E-state index is 0.235. The molecule has 0 amide bonds. The molecule has 2 aromatic rings. The van der Waals surface area contributed by atoms with E-state index in [-0.39, 0.29) is 10.2 Å². The number of nitrogens with one attached hydrogen (secondary N) is 1. The minimum atomic E-state index is -4.70. The Morgan fingerprint density at radius 3 is 2.75 bits per heavy atom. The van der Waals surface area contributed by atoms with Crippen molar-refractivity contribution in [2.45, 2.75) is 13.3 Å². The molecule has 0 aliphatic carbocycles. The molecule has 1 aromatic heterocycles. The van der Waals surface area contributed by atoms with Crippen molar-refractivity contribution in [1.29, 1.82) is 0 Å². The molecule has 7 heteroatoms. The van der Waals surface area contributed by atoms with Crippen LogP contribution < -0.4 is 4.74 Å². The molecule has 0 saturated carbocycles. The number of hydrogen-bond donors (Lipinski definition) is 1. The van der Waals surface area contributed by atoms with Gasteiger partial charge in [-0.05, 0) is 34.5 Å². The second-order valence-electron chi connectivity index (χ2n) is 3.22. The highest BCUT2D eigenvalue weighted by Crippen LogP contribution is 2.38. The van der Waals surface area contributed by atoms with Gasteiger partial charge in [-0.25, -0.2) is 0 Å². The number of alkyl halides is 3. The zero-order chi connectivity index (χ0) is 11.9. The van der Waals surface area contributed by atoms with Crippen LogP contribution in [0.4, 0.5) is 13.2 Å². The van der Waals surface area contributed by atoms with Crippen LogP contribution in [-0.4, -0.2) is 16.6 Å². The molecule has 0 aliphatic heterocycles. The zero-order valence-electron chi connectivity index (χ0n) is 8.02. The number of rotatable bonds is 1. The Balaban J connectivity index is 2.59. The number of fused-ring (bicyclic) bond motifs is 1. The summed E-state index contributed by atoms with van der Waals surface area (Å²) < 4.78 is 40.7. The lowest BCUT2D eigenvalue weighted by Gasteiger charge is -2.13. The van der Waals surface area contributed by atoms with Crippen LogP contribution in [0.5, 0.6) is 5.75 Å². The predicted octanol–water partition coefficient (Wildman–Crippen LogP) is 3.53. The maximum absolute atomic E-state index is 12.2. The topological polar surface area (TPSA) is 37.9 Å². The first-order valence-corrected chi connectivity index (χ1v) is 5.06. The van der Waals surface area contributed by atoms with Gasteiger partial charge in [-0.15, -0.1) is 13.2 Å². The van der Waals surface area contributed by atoms with Crippen molar-refractivity contribution < 1.29 is 17.9 Å². The number of benzene rings is 1. The summed E-state index contributed by atoms with van der Waals surface area (Å²) in [5.41, 5.74) is 1.03. The lowest BCUT2D eigenvalue weighted by molar-refractivity contribution is -0.275. The largest absolute Gasteiger partial charge is 0.573 e. The average molecular weight is 295 g/mol. The first-order valence-electron chi connectivity index (χ1n) is 4.26. The van der Waals surface area contributed by atoms with Crippen molar-refractivity contribution in [3.05, 3.63) is 22.3 Å². The second-order valence-corrected chi connectivity index (χ2v) is 4.01. The van der Waals surface area contributed by atoms with E-state index in [1.165, 1.54) is 13.1 Å². The molecule has 1 aromatic carbocycles. The predicted molar refractivity (Wildman–Crippen MR) is 55.2 cm³/mol. The number of aromatic amines is 1. The number of halogens is 4. The molecule has 0 aliphatic rings. The van der Waals surface area contributed by atoms with Crippen LogP contribution in [0.2, 0.25) is 0 Å². The monoisotopic (exact) mass is 294 g/mol. The van der Waals surface area contributed by atoms with Crippen LogP contribution in [0.3, 0.4) is 0 Å². The third kappa shape index (κ3) is 1.99. The van der Waals surface area contributed by atoms with Gasteiger partial charge in [0.15, 0.2) is 0 Å². The summed E-state index contributed by atoms with van der Waals surface area (Å²) in [6, 6.07) is 1.55. The van der Waals surface area contributed by atoms with E-state index in [4.69, 9.17) is 0 Å². The second kappa shape index (κ2) is 3.65. The summed E-state index contributed by atoms with van der Waals surface area (Å²) >= 11 is 3.08. The first kappa shape index (κ1) is 11.3. The van der Waals surface area contributed by atoms with Gasteiger partial charge in [0.25, 0.3) is 0 Å². The maximum atomic E-state index is 12.2. The highest BCUT2D eigenvalue weighted by molar-refractivity contribution is 9.10. The summed E-state index contributed by atoms with van der Waals surface area (Å²) in [4.78, 5) is 0. The number of aromatic nitrogens is 2. The average Bonchev–Trinajstić information content (AvgIpc) is 2.58. The molecule has 0 spiro atoms. The molecule has 0 unspecified atom stereocenters. The molecule has 3 nitrogen and oxygen atoms in total. The third-order valence-electron chi connectivity index (χ3n) is 2.04. The van der Waals surface area contributed by atoms with Crippen molar-refractivity contribution in [3.63, 3.8) is 0 Å². The molecule has 86 valence electrons. The van der Waals surface area contributed by atoms with E-state index in [1.54, 1.807) is 6.07 Å². The molecular weight excluding hydrogens is 289 g/mol. The standard InChI is InChI=1S/C9H6BrF3N2O/c1-4-2-6-5(3-14-15-6)7(10)8(4)16-9(11,12)13/h2-3H,1H3,(H,14,15). The minimum Gasteiger partial charge on any atom is -0.404 e. The van der Waals surface area contributed by atoms with Crippen molar-refractivity contribution >= 4 is 26.8 Å².